The molecule has 0 radical (unpaired) electrons. The molecule has 3 heteroatoms. The molecule has 2 aromatic rings. The van der Waals surface area contributed by atoms with Crippen LogP contribution in [-0.4, -0.2) is 12.6 Å². The number of benzene rings is 2. The van der Waals surface area contributed by atoms with Gasteiger partial charge < -0.3 is 14.3 Å². The van der Waals surface area contributed by atoms with Crippen LogP contribution in [0.1, 0.15) is 18.9 Å². The molecule has 102 valence electrons. The van der Waals surface area contributed by atoms with Crippen molar-refractivity contribution in [3.05, 3.63) is 48.0 Å². The maximum atomic E-state index is 11.1. The molecule has 0 aliphatic carbocycles. The molecule has 0 unspecified atom stereocenters. The molecule has 0 saturated carbocycles. The van der Waals surface area contributed by atoms with Crippen LogP contribution >= 0.6 is 0 Å². The third-order valence-corrected chi connectivity index (χ3v) is 3.40. The summed E-state index contributed by atoms with van der Waals surface area (Å²) in [5, 5.41) is 0. The highest BCUT2D eigenvalue weighted by molar-refractivity contribution is 5.76. The number of rotatable bonds is 4. The Hall–Kier alpha value is -2.29. The van der Waals surface area contributed by atoms with E-state index in [0.29, 0.717) is 6.42 Å². The molecule has 0 fully saturated rings. The highest BCUT2D eigenvalue weighted by Crippen LogP contribution is 2.36. The molecule has 0 N–H and O–H groups in total. The molecule has 1 aliphatic heterocycles. The van der Waals surface area contributed by atoms with E-state index >= 15 is 0 Å². The molecular formula is C17H16O3. The Bertz CT molecular complexity index is 646. The summed E-state index contributed by atoms with van der Waals surface area (Å²) in [6.45, 7) is 1.92. The van der Waals surface area contributed by atoms with Gasteiger partial charge in [0.1, 0.15) is 5.78 Å². The molecule has 20 heavy (non-hydrogen) atoms. The summed E-state index contributed by atoms with van der Waals surface area (Å²) in [5.41, 5.74) is 3.40. The van der Waals surface area contributed by atoms with Crippen molar-refractivity contribution in [3.8, 4) is 22.6 Å². The number of Topliss-reactive ketones (excluding diaryl/α,β-unsaturated/α-hetero) is 1. The van der Waals surface area contributed by atoms with Gasteiger partial charge in [0.25, 0.3) is 0 Å². The normalized spacial score (nSPS) is 12.4. The Morgan fingerprint density at radius 1 is 1.05 bits per heavy atom. The first-order valence-corrected chi connectivity index (χ1v) is 6.71. The summed E-state index contributed by atoms with van der Waals surface area (Å²) in [4.78, 5) is 11.1. The smallest absolute Gasteiger partial charge is 0.231 e. The predicted octanol–water partition coefficient (Wildman–Crippen LogP) is 3.60. The van der Waals surface area contributed by atoms with E-state index in [2.05, 4.69) is 18.2 Å². The van der Waals surface area contributed by atoms with Crippen molar-refractivity contribution in [3.63, 3.8) is 0 Å². The fourth-order valence-corrected chi connectivity index (χ4v) is 2.30. The number of hydrogen-bond acceptors (Lipinski definition) is 3. The molecular weight excluding hydrogens is 252 g/mol. The van der Waals surface area contributed by atoms with Gasteiger partial charge in [-0.1, -0.05) is 30.3 Å². The van der Waals surface area contributed by atoms with Gasteiger partial charge in [0.15, 0.2) is 11.5 Å². The van der Waals surface area contributed by atoms with Crippen molar-refractivity contribution in [1.82, 2.24) is 0 Å². The van der Waals surface area contributed by atoms with Crippen LogP contribution in [0.3, 0.4) is 0 Å². The predicted molar refractivity (Wildman–Crippen MR) is 77.0 cm³/mol. The van der Waals surface area contributed by atoms with E-state index in [1.807, 2.05) is 24.3 Å². The minimum Gasteiger partial charge on any atom is -0.454 e. The van der Waals surface area contributed by atoms with Crippen molar-refractivity contribution in [2.75, 3.05) is 6.79 Å². The van der Waals surface area contributed by atoms with Crippen LogP contribution < -0.4 is 9.47 Å². The second-order valence-corrected chi connectivity index (χ2v) is 4.97. The van der Waals surface area contributed by atoms with E-state index in [1.165, 1.54) is 5.56 Å². The highest BCUT2D eigenvalue weighted by Gasteiger charge is 2.13. The first kappa shape index (κ1) is 12.7. The van der Waals surface area contributed by atoms with Crippen LogP contribution in [0.2, 0.25) is 0 Å². The lowest BCUT2D eigenvalue weighted by molar-refractivity contribution is -0.116. The maximum Gasteiger partial charge on any atom is 0.231 e. The Labute approximate surface area is 118 Å². The minimum atomic E-state index is 0.221. The van der Waals surface area contributed by atoms with E-state index in [0.717, 1.165) is 29.0 Å². The van der Waals surface area contributed by atoms with E-state index in [4.69, 9.17) is 9.47 Å². The molecule has 0 amide bonds. The highest BCUT2D eigenvalue weighted by atomic mass is 16.7. The summed E-state index contributed by atoms with van der Waals surface area (Å²) in [7, 11) is 0. The van der Waals surface area contributed by atoms with Gasteiger partial charge in [-0.25, -0.2) is 0 Å². The van der Waals surface area contributed by atoms with Crippen LogP contribution in [0.25, 0.3) is 11.1 Å². The molecule has 1 aliphatic rings. The molecule has 2 aromatic carbocycles. The van der Waals surface area contributed by atoms with Gasteiger partial charge in [0, 0.05) is 6.42 Å². The van der Waals surface area contributed by atoms with Gasteiger partial charge in [-0.05, 0) is 42.2 Å². The van der Waals surface area contributed by atoms with Gasteiger partial charge in [-0.15, -0.1) is 0 Å². The van der Waals surface area contributed by atoms with E-state index in [9.17, 15) is 4.79 Å². The number of carbonyl (C=O) groups is 1. The number of fused-ring (bicyclic) bond motifs is 1. The van der Waals surface area contributed by atoms with E-state index < -0.39 is 0 Å². The van der Waals surface area contributed by atoms with Crippen LogP contribution in [-0.2, 0) is 11.2 Å². The first-order chi connectivity index (χ1) is 9.72. The number of hydrogen-bond donors (Lipinski definition) is 0. The average molecular weight is 268 g/mol. The fourth-order valence-electron chi connectivity index (χ4n) is 2.30. The molecule has 0 bridgehead atoms. The molecule has 1 heterocycles. The van der Waals surface area contributed by atoms with Crippen molar-refractivity contribution < 1.29 is 14.3 Å². The largest absolute Gasteiger partial charge is 0.454 e. The lowest BCUT2D eigenvalue weighted by Crippen LogP contribution is -1.94. The fraction of sp³-hybridized carbons (Fsp3) is 0.235. The summed E-state index contributed by atoms with van der Waals surface area (Å²) in [6.07, 6.45) is 1.37. The summed E-state index contributed by atoms with van der Waals surface area (Å²) >= 11 is 0. The SMILES string of the molecule is CC(=O)CCc1cccc(-c2ccc3c(c2)OCO3)c1. The maximum absolute atomic E-state index is 11.1. The lowest BCUT2D eigenvalue weighted by atomic mass is 10.00. The molecule has 3 rings (SSSR count). The molecule has 0 aromatic heterocycles. The van der Waals surface area contributed by atoms with Crippen LogP contribution in [0, 0.1) is 0 Å². The number of aryl methyl sites for hydroxylation is 1. The van der Waals surface area contributed by atoms with Gasteiger partial charge in [0.2, 0.25) is 6.79 Å². The summed E-state index contributed by atoms with van der Waals surface area (Å²) in [6, 6.07) is 14.2. The van der Waals surface area contributed by atoms with E-state index in [1.54, 1.807) is 6.92 Å². The standard InChI is InChI=1S/C17H16O3/c1-12(18)5-6-13-3-2-4-14(9-13)15-7-8-16-17(10-15)20-11-19-16/h2-4,7-10H,5-6,11H2,1H3. The summed E-state index contributed by atoms with van der Waals surface area (Å²) in [5.74, 6) is 1.80. The molecule has 0 saturated heterocycles. The number of ketones is 1. The Balaban J connectivity index is 1.86. The van der Waals surface area contributed by atoms with Crippen LogP contribution in [0.5, 0.6) is 11.5 Å². The molecule has 0 atom stereocenters. The van der Waals surface area contributed by atoms with Crippen LogP contribution in [0.15, 0.2) is 42.5 Å². The lowest BCUT2D eigenvalue weighted by Gasteiger charge is -2.06. The summed E-state index contributed by atoms with van der Waals surface area (Å²) < 4.78 is 10.7. The Morgan fingerprint density at radius 3 is 2.70 bits per heavy atom. The Kier molecular flexibility index (Phi) is 3.42. The zero-order valence-electron chi connectivity index (χ0n) is 11.4. The van der Waals surface area contributed by atoms with Gasteiger partial charge in [-0.3, -0.25) is 0 Å². The monoisotopic (exact) mass is 268 g/mol. The number of carbonyl (C=O) groups excluding carboxylic acids is 1. The van der Waals surface area contributed by atoms with Gasteiger partial charge in [-0.2, -0.15) is 0 Å². The quantitative estimate of drug-likeness (QED) is 0.849. The third-order valence-electron chi connectivity index (χ3n) is 3.40. The third kappa shape index (κ3) is 2.67. The van der Waals surface area contributed by atoms with Crippen molar-refractivity contribution in [2.24, 2.45) is 0 Å². The first-order valence-electron chi connectivity index (χ1n) is 6.71. The van der Waals surface area contributed by atoms with Gasteiger partial charge >= 0.3 is 0 Å². The van der Waals surface area contributed by atoms with Crippen molar-refractivity contribution in [1.29, 1.82) is 0 Å². The second-order valence-electron chi connectivity index (χ2n) is 4.97. The minimum absolute atomic E-state index is 0.221. The molecule has 3 nitrogen and oxygen atoms in total. The average Bonchev–Trinajstić information content (AvgIpc) is 2.93. The molecule has 0 spiro atoms. The van der Waals surface area contributed by atoms with E-state index in [-0.39, 0.29) is 12.6 Å². The second kappa shape index (κ2) is 5.37. The van der Waals surface area contributed by atoms with Crippen LogP contribution in [0.4, 0.5) is 0 Å². The Morgan fingerprint density at radius 2 is 1.85 bits per heavy atom. The zero-order valence-corrected chi connectivity index (χ0v) is 11.4. The van der Waals surface area contributed by atoms with Crippen molar-refractivity contribution in [2.45, 2.75) is 19.8 Å². The number of ether oxygens (including phenoxy) is 2. The topological polar surface area (TPSA) is 35.5 Å². The van der Waals surface area contributed by atoms with Crippen molar-refractivity contribution >= 4 is 5.78 Å². The van der Waals surface area contributed by atoms with Gasteiger partial charge in [0.05, 0.1) is 0 Å². The zero-order chi connectivity index (χ0) is 13.9.